The third-order valence-electron chi connectivity index (χ3n) is 4.66. The highest BCUT2D eigenvalue weighted by Gasteiger charge is 2.41. The average molecular weight is 382 g/mol. The molecule has 0 aromatic carbocycles. The van der Waals surface area contributed by atoms with Crippen molar-refractivity contribution >= 4 is 23.5 Å². The number of unbranched alkanes of at least 4 members (excludes halogenated alkanes) is 1. The van der Waals surface area contributed by atoms with E-state index in [1.54, 1.807) is 13.0 Å². The summed E-state index contributed by atoms with van der Waals surface area (Å²) in [5.41, 5.74) is 1.38. The molecular weight excluding hydrogens is 356 g/mol. The molecule has 1 aromatic rings. The summed E-state index contributed by atoms with van der Waals surface area (Å²) in [6.45, 7) is 3.97. The van der Waals surface area contributed by atoms with Gasteiger partial charge in [0.2, 0.25) is 11.8 Å². The number of amides is 3. The molecule has 3 atom stereocenters. The smallest absolute Gasteiger partial charge is 0.272 e. The molecular formula is C17H26N4O6. The first-order valence-corrected chi connectivity index (χ1v) is 9.05. The maximum absolute atomic E-state index is 13.0. The Morgan fingerprint density at radius 1 is 1.44 bits per heavy atom. The molecule has 0 bridgehead atoms. The molecule has 150 valence electrons. The number of carbonyl (C=O) groups is 3. The lowest BCUT2D eigenvalue weighted by Crippen LogP contribution is -2.50. The minimum Gasteiger partial charge on any atom is -0.382 e. The quantitative estimate of drug-likeness (QED) is 0.380. The van der Waals surface area contributed by atoms with Crippen molar-refractivity contribution in [2.24, 2.45) is 5.92 Å². The van der Waals surface area contributed by atoms with Crippen LogP contribution in [0.25, 0.3) is 0 Å². The second kappa shape index (κ2) is 9.47. The summed E-state index contributed by atoms with van der Waals surface area (Å²) in [6, 6.07) is 0.848. The highest BCUT2D eigenvalue weighted by molar-refractivity contribution is 5.98. The molecule has 1 saturated heterocycles. The van der Waals surface area contributed by atoms with E-state index in [9.17, 15) is 19.5 Å². The molecule has 2 unspecified atom stereocenters. The first-order chi connectivity index (χ1) is 12.9. The summed E-state index contributed by atoms with van der Waals surface area (Å²) in [5.74, 6) is -2.14. The first kappa shape index (κ1) is 20.8. The largest absolute Gasteiger partial charge is 0.382 e. The summed E-state index contributed by atoms with van der Waals surface area (Å²) in [6.07, 6.45) is 1.08. The highest BCUT2D eigenvalue weighted by atomic mass is 16.5. The lowest BCUT2D eigenvalue weighted by molar-refractivity contribution is -0.152. The molecule has 1 fully saturated rings. The van der Waals surface area contributed by atoms with Crippen molar-refractivity contribution in [1.82, 2.24) is 15.5 Å². The van der Waals surface area contributed by atoms with E-state index in [1.165, 1.54) is 10.4 Å². The number of hydrogen-bond donors (Lipinski definition) is 4. The van der Waals surface area contributed by atoms with E-state index in [0.29, 0.717) is 31.6 Å². The number of likely N-dealkylation sites (tertiary alicyclic amines) is 1. The number of carbonyl (C=O) groups excluding carboxylic acids is 3. The Hall–Kier alpha value is -2.46. The number of nitrogens with one attached hydrogen (secondary N) is 2. The van der Waals surface area contributed by atoms with Gasteiger partial charge < -0.3 is 19.8 Å². The van der Waals surface area contributed by atoms with Crippen LogP contribution in [0.4, 0.5) is 5.82 Å². The number of nitrogens with zero attached hydrogens (tertiary/aromatic N) is 2. The summed E-state index contributed by atoms with van der Waals surface area (Å²) >= 11 is 0. The highest BCUT2D eigenvalue weighted by Crippen LogP contribution is 2.25. The fraction of sp³-hybridized carbons (Fsp3) is 0.647. The van der Waals surface area contributed by atoms with Gasteiger partial charge in [0.05, 0.1) is 5.92 Å². The lowest BCUT2D eigenvalue weighted by Gasteiger charge is -2.29. The SMILES string of the molecule is CCCCC(C(=O)N1CCC[C@H]1C(=O)Nc1cc(C)on1)C(O)C(=O)NO. The summed E-state index contributed by atoms with van der Waals surface area (Å²) < 4.78 is 4.91. The molecule has 2 rings (SSSR count). The van der Waals surface area contributed by atoms with Crippen molar-refractivity contribution < 1.29 is 29.2 Å². The van der Waals surface area contributed by atoms with Crippen LogP contribution in [-0.4, -0.2) is 56.8 Å². The van der Waals surface area contributed by atoms with Crippen molar-refractivity contribution in [2.45, 2.75) is 58.1 Å². The third kappa shape index (κ3) is 5.04. The van der Waals surface area contributed by atoms with Crippen LogP contribution in [-0.2, 0) is 14.4 Å². The average Bonchev–Trinajstić information content (AvgIpc) is 3.29. The standard InChI is InChI=1S/C17H26N4O6/c1-3-4-6-11(14(22)16(24)19-26)17(25)21-8-5-7-12(21)15(23)18-13-9-10(2)27-20-13/h9,11-12,14,22,26H,3-8H2,1-2H3,(H,19,24)(H,18,20,23)/t11?,12-,14?/m0/s1. The van der Waals surface area contributed by atoms with Gasteiger partial charge in [0, 0.05) is 12.6 Å². The van der Waals surface area contributed by atoms with E-state index in [0.717, 1.165) is 6.42 Å². The van der Waals surface area contributed by atoms with Crippen LogP contribution in [0.2, 0.25) is 0 Å². The van der Waals surface area contributed by atoms with Crippen LogP contribution in [0.15, 0.2) is 10.6 Å². The second-order valence-electron chi connectivity index (χ2n) is 6.67. The van der Waals surface area contributed by atoms with Crippen molar-refractivity contribution in [3.63, 3.8) is 0 Å². The molecule has 4 N–H and O–H groups in total. The predicted octanol–water partition coefficient (Wildman–Crippen LogP) is 0.585. The Balaban J connectivity index is 2.12. The fourth-order valence-electron chi connectivity index (χ4n) is 3.24. The zero-order valence-corrected chi connectivity index (χ0v) is 15.5. The Labute approximate surface area is 156 Å². The van der Waals surface area contributed by atoms with Gasteiger partial charge in [-0.15, -0.1) is 0 Å². The predicted molar refractivity (Wildman–Crippen MR) is 93.6 cm³/mol. The van der Waals surface area contributed by atoms with Crippen LogP contribution in [0.3, 0.4) is 0 Å². The normalized spacial score (nSPS) is 18.8. The summed E-state index contributed by atoms with van der Waals surface area (Å²) in [4.78, 5) is 38.5. The Kier molecular flexibility index (Phi) is 7.31. The molecule has 27 heavy (non-hydrogen) atoms. The number of hydroxylamine groups is 1. The number of hydrogen-bond acceptors (Lipinski definition) is 7. The van der Waals surface area contributed by atoms with E-state index in [2.05, 4.69) is 10.5 Å². The van der Waals surface area contributed by atoms with Crippen LogP contribution < -0.4 is 10.8 Å². The van der Waals surface area contributed by atoms with Crippen molar-refractivity contribution in [2.75, 3.05) is 11.9 Å². The number of aliphatic hydroxyl groups is 1. The van der Waals surface area contributed by atoms with Gasteiger partial charge in [0.1, 0.15) is 17.9 Å². The first-order valence-electron chi connectivity index (χ1n) is 9.05. The van der Waals surface area contributed by atoms with Crippen molar-refractivity contribution in [1.29, 1.82) is 0 Å². The molecule has 0 radical (unpaired) electrons. The van der Waals surface area contributed by atoms with Crippen LogP contribution in [0, 0.1) is 12.8 Å². The molecule has 1 aliphatic rings. The van der Waals surface area contributed by atoms with Gasteiger partial charge in [-0.25, -0.2) is 5.48 Å². The van der Waals surface area contributed by atoms with Gasteiger partial charge in [0.15, 0.2) is 5.82 Å². The minimum absolute atomic E-state index is 0.263. The lowest BCUT2D eigenvalue weighted by atomic mass is 9.93. The van der Waals surface area contributed by atoms with Gasteiger partial charge in [-0.1, -0.05) is 24.9 Å². The fourth-order valence-corrected chi connectivity index (χ4v) is 3.24. The Morgan fingerprint density at radius 2 is 2.19 bits per heavy atom. The molecule has 1 aromatic heterocycles. The molecule has 3 amide bonds. The van der Waals surface area contributed by atoms with E-state index >= 15 is 0 Å². The zero-order chi connectivity index (χ0) is 20.0. The van der Waals surface area contributed by atoms with Gasteiger partial charge in [-0.2, -0.15) is 0 Å². The number of rotatable bonds is 8. The number of aliphatic hydroxyl groups excluding tert-OH is 1. The number of anilines is 1. The Bertz CT molecular complexity index is 676. The van der Waals surface area contributed by atoms with Crippen LogP contribution in [0.5, 0.6) is 0 Å². The van der Waals surface area contributed by atoms with Gasteiger partial charge >= 0.3 is 0 Å². The summed E-state index contributed by atoms with van der Waals surface area (Å²) in [5, 5.41) is 25.2. The van der Waals surface area contributed by atoms with Crippen molar-refractivity contribution in [3.8, 4) is 0 Å². The van der Waals surface area contributed by atoms with Gasteiger partial charge in [-0.05, 0) is 26.2 Å². The third-order valence-corrected chi connectivity index (χ3v) is 4.66. The van der Waals surface area contributed by atoms with E-state index < -0.39 is 35.8 Å². The summed E-state index contributed by atoms with van der Waals surface area (Å²) in [7, 11) is 0. The van der Waals surface area contributed by atoms with E-state index in [-0.39, 0.29) is 12.2 Å². The zero-order valence-electron chi connectivity index (χ0n) is 15.5. The maximum Gasteiger partial charge on any atom is 0.272 e. The molecule has 0 saturated carbocycles. The van der Waals surface area contributed by atoms with Gasteiger partial charge in [-0.3, -0.25) is 19.6 Å². The minimum atomic E-state index is -1.68. The number of aryl methyl sites for hydroxylation is 1. The molecule has 2 heterocycles. The van der Waals surface area contributed by atoms with Crippen LogP contribution >= 0.6 is 0 Å². The molecule has 0 spiro atoms. The molecule has 0 aliphatic carbocycles. The van der Waals surface area contributed by atoms with Gasteiger partial charge in [0.25, 0.3) is 5.91 Å². The number of aromatic nitrogens is 1. The van der Waals surface area contributed by atoms with Crippen LogP contribution in [0.1, 0.15) is 44.8 Å². The van der Waals surface area contributed by atoms with Crippen molar-refractivity contribution in [3.05, 3.63) is 11.8 Å². The topological polar surface area (TPSA) is 145 Å². The maximum atomic E-state index is 13.0. The second-order valence-corrected chi connectivity index (χ2v) is 6.67. The Morgan fingerprint density at radius 3 is 2.78 bits per heavy atom. The molecule has 1 aliphatic heterocycles. The van der Waals surface area contributed by atoms with E-state index in [4.69, 9.17) is 9.73 Å². The monoisotopic (exact) mass is 382 g/mol. The molecule has 10 heteroatoms. The van der Waals surface area contributed by atoms with E-state index in [1.807, 2.05) is 6.92 Å². The molecule has 10 nitrogen and oxygen atoms in total.